The molecule has 0 amide bonds. The van der Waals surface area contributed by atoms with E-state index in [1.54, 1.807) is 6.07 Å². The highest BCUT2D eigenvalue weighted by Crippen LogP contribution is 2.48. The van der Waals surface area contributed by atoms with Gasteiger partial charge in [0.15, 0.2) is 5.78 Å². The maximum absolute atomic E-state index is 15.0. The highest BCUT2D eigenvalue weighted by Gasteiger charge is 2.50. The van der Waals surface area contributed by atoms with Crippen LogP contribution in [0.2, 0.25) is 0 Å². The summed E-state index contributed by atoms with van der Waals surface area (Å²) in [5.74, 6) is -2.80. The molecule has 3 aliphatic carbocycles. The van der Waals surface area contributed by atoms with Gasteiger partial charge in [-0.1, -0.05) is 44.0 Å². The summed E-state index contributed by atoms with van der Waals surface area (Å²) in [5, 5.41) is 20.3. The molecule has 2 fully saturated rings. The van der Waals surface area contributed by atoms with Crippen LogP contribution in [0.3, 0.4) is 0 Å². The SMILES string of the molecule is CCCC(C=N)C(=N)C1(c2cccc(CCC3CC(=O)c4cc([C@H](C)NCC5CCC5)cc(C(C)(F)F)c4C3)c2)CC(F)C1. The number of fused-ring (bicyclic) bond motifs is 1. The molecule has 5 rings (SSSR count). The maximum Gasteiger partial charge on any atom is 0.270 e. The Balaban J connectivity index is 1.32. The monoisotopic (exact) mass is 607 g/mol. The van der Waals surface area contributed by atoms with Crippen LogP contribution in [-0.4, -0.2) is 30.4 Å². The molecule has 0 radical (unpaired) electrons. The number of Topliss-reactive ketones (excluding diaryl/α,β-unsaturated/α-hetero) is 1. The number of aryl methyl sites for hydroxylation is 1. The van der Waals surface area contributed by atoms with Crippen molar-refractivity contribution in [2.75, 3.05) is 6.54 Å². The first-order valence-corrected chi connectivity index (χ1v) is 16.6. The lowest BCUT2D eigenvalue weighted by Crippen LogP contribution is -2.51. The smallest absolute Gasteiger partial charge is 0.270 e. The average molecular weight is 608 g/mol. The molecular weight excluding hydrogens is 559 g/mol. The lowest BCUT2D eigenvalue weighted by Gasteiger charge is -2.47. The number of rotatable bonds is 14. The summed E-state index contributed by atoms with van der Waals surface area (Å²) in [6.07, 6.45) is 8.26. The second-order valence-electron chi connectivity index (χ2n) is 13.9. The first-order chi connectivity index (χ1) is 20.9. The van der Waals surface area contributed by atoms with Crippen LogP contribution in [-0.2, 0) is 24.2 Å². The van der Waals surface area contributed by atoms with Crippen molar-refractivity contribution < 1.29 is 18.0 Å². The summed E-state index contributed by atoms with van der Waals surface area (Å²) in [5.41, 5.74) is 3.37. The first-order valence-electron chi connectivity index (χ1n) is 16.6. The molecule has 3 aliphatic rings. The summed E-state index contributed by atoms with van der Waals surface area (Å²) in [6.45, 7) is 5.81. The molecule has 0 bridgehead atoms. The third-order valence-electron chi connectivity index (χ3n) is 10.6. The van der Waals surface area contributed by atoms with E-state index in [1.807, 2.05) is 38.1 Å². The van der Waals surface area contributed by atoms with Gasteiger partial charge in [-0.15, -0.1) is 0 Å². The molecule has 3 N–H and O–H groups in total. The number of nitrogens with one attached hydrogen (secondary N) is 3. The van der Waals surface area contributed by atoms with Crippen LogP contribution < -0.4 is 5.32 Å². The van der Waals surface area contributed by atoms with Crippen LogP contribution in [0, 0.1) is 28.6 Å². The standard InChI is InChI=1S/C37H48F3N3O/c1-4-7-27(21-41)35(42)37(19-30(38)20-37)29-11-6-8-24(14-29)12-13-26-15-31-32(34(44)16-26)17-28(18-33(31)36(3,39)40)23(2)43-22-25-9-5-10-25/h6,8,11,14,17-18,21,23,25-27,30,41-43H,4-5,7,9-10,12-13,15-16,19-20,22H2,1-3H3/t23-,26?,27?,30?,37?/m0/s1. The minimum Gasteiger partial charge on any atom is -0.312 e. The van der Waals surface area contributed by atoms with Gasteiger partial charge in [-0.2, -0.15) is 0 Å². The van der Waals surface area contributed by atoms with Crippen molar-refractivity contribution in [2.45, 2.75) is 115 Å². The Hall–Kier alpha value is -2.80. The van der Waals surface area contributed by atoms with Crippen LogP contribution >= 0.6 is 0 Å². The molecule has 0 aliphatic heterocycles. The van der Waals surface area contributed by atoms with Crippen molar-refractivity contribution in [3.63, 3.8) is 0 Å². The van der Waals surface area contributed by atoms with Crippen molar-refractivity contribution >= 4 is 17.7 Å². The Morgan fingerprint density at radius 1 is 1.16 bits per heavy atom. The van der Waals surface area contributed by atoms with Gasteiger partial charge < -0.3 is 16.1 Å². The van der Waals surface area contributed by atoms with E-state index < -0.39 is 17.5 Å². The number of ketones is 1. The van der Waals surface area contributed by atoms with Crippen molar-refractivity contribution in [3.8, 4) is 0 Å². The fourth-order valence-corrected chi connectivity index (χ4v) is 7.58. The quantitative estimate of drug-likeness (QED) is 0.187. The van der Waals surface area contributed by atoms with Gasteiger partial charge in [-0.05, 0) is 111 Å². The summed E-state index contributed by atoms with van der Waals surface area (Å²) in [4.78, 5) is 13.4. The van der Waals surface area contributed by atoms with Gasteiger partial charge in [0.1, 0.15) is 6.17 Å². The molecule has 2 aromatic carbocycles. The van der Waals surface area contributed by atoms with Gasteiger partial charge in [-0.3, -0.25) is 4.79 Å². The fraction of sp³-hybridized carbons (Fsp3) is 0.595. The maximum atomic E-state index is 15.0. The Kier molecular flexibility index (Phi) is 9.84. The van der Waals surface area contributed by atoms with Crippen LogP contribution in [0.4, 0.5) is 13.2 Å². The van der Waals surface area contributed by atoms with E-state index in [2.05, 4.69) is 11.4 Å². The normalized spacial score (nSPS) is 25.0. The van der Waals surface area contributed by atoms with Crippen LogP contribution in [0.15, 0.2) is 36.4 Å². The highest BCUT2D eigenvalue weighted by atomic mass is 19.3. The van der Waals surface area contributed by atoms with Gasteiger partial charge >= 0.3 is 0 Å². The zero-order valence-corrected chi connectivity index (χ0v) is 26.5. The zero-order chi connectivity index (χ0) is 31.6. The van der Waals surface area contributed by atoms with Gasteiger partial charge in [0, 0.05) is 53.8 Å². The van der Waals surface area contributed by atoms with Crippen LogP contribution in [0.1, 0.15) is 123 Å². The van der Waals surface area contributed by atoms with E-state index >= 15 is 0 Å². The summed E-state index contributed by atoms with van der Waals surface area (Å²) in [6, 6.07) is 11.3. The first kappa shape index (κ1) is 32.6. The molecule has 44 heavy (non-hydrogen) atoms. The molecule has 0 aromatic heterocycles. The van der Waals surface area contributed by atoms with Crippen molar-refractivity contribution in [3.05, 3.63) is 69.8 Å². The van der Waals surface area contributed by atoms with Crippen LogP contribution in [0.25, 0.3) is 0 Å². The van der Waals surface area contributed by atoms with Crippen molar-refractivity contribution in [2.24, 2.45) is 17.8 Å². The topological polar surface area (TPSA) is 76.8 Å². The number of carbonyl (C=O) groups excluding carboxylic acids is 1. The fourth-order valence-electron chi connectivity index (χ4n) is 7.58. The minimum absolute atomic E-state index is 0.0265. The summed E-state index contributed by atoms with van der Waals surface area (Å²) < 4.78 is 44.3. The van der Waals surface area contributed by atoms with Gasteiger partial charge in [-0.25, -0.2) is 13.2 Å². The number of hydrogen-bond donors (Lipinski definition) is 3. The Morgan fingerprint density at radius 2 is 1.91 bits per heavy atom. The molecule has 4 nitrogen and oxygen atoms in total. The van der Waals surface area contributed by atoms with E-state index in [9.17, 15) is 18.0 Å². The number of carbonyl (C=O) groups is 1. The highest BCUT2D eigenvalue weighted by molar-refractivity contribution is 6.03. The molecule has 3 atom stereocenters. The Morgan fingerprint density at radius 3 is 2.52 bits per heavy atom. The lowest BCUT2D eigenvalue weighted by molar-refractivity contribution is 0.0160. The van der Waals surface area contributed by atoms with E-state index in [4.69, 9.17) is 10.8 Å². The van der Waals surface area contributed by atoms with E-state index in [0.29, 0.717) is 54.9 Å². The van der Waals surface area contributed by atoms with Crippen molar-refractivity contribution in [1.29, 1.82) is 10.8 Å². The molecule has 238 valence electrons. The Bertz CT molecular complexity index is 1370. The molecule has 2 unspecified atom stereocenters. The third kappa shape index (κ3) is 6.73. The molecular formula is C37H48F3N3O. The van der Waals surface area contributed by atoms with Gasteiger partial charge in [0.05, 0.1) is 0 Å². The molecule has 0 saturated heterocycles. The molecule has 0 spiro atoms. The van der Waals surface area contributed by atoms with Crippen molar-refractivity contribution in [1.82, 2.24) is 5.32 Å². The molecule has 7 heteroatoms. The van der Waals surface area contributed by atoms with Crippen LogP contribution in [0.5, 0.6) is 0 Å². The summed E-state index contributed by atoms with van der Waals surface area (Å²) in [7, 11) is 0. The number of halogens is 3. The van der Waals surface area contributed by atoms with E-state index in [0.717, 1.165) is 36.6 Å². The van der Waals surface area contributed by atoms with E-state index in [-0.39, 0.29) is 42.1 Å². The van der Waals surface area contributed by atoms with Gasteiger partial charge in [0.2, 0.25) is 0 Å². The predicted octanol–water partition coefficient (Wildman–Crippen LogP) is 9.08. The molecule has 0 heterocycles. The minimum atomic E-state index is -3.05. The number of benzene rings is 2. The van der Waals surface area contributed by atoms with Gasteiger partial charge in [0.25, 0.3) is 5.92 Å². The summed E-state index contributed by atoms with van der Waals surface area (Å²) >= 11 is 0. The lowest BCUT2D eigenvalue weighted by atomic mass is 9.58. The third-order valence-corrected chi connectivity index (χ3v) is 10.6. The predicted molar refractivity (Wildman–Crippen MR) is 171 cm³/mol. The van der Waals surface area contributed by atoms with E-state index in [1.165, 1.54) is 25.5 Å². The number of hydrogen-bond acceptors (Lipinski definition) is 4. The average Bonchev–Trinajstić information content (AvgIpc) is 2.95. The second kappa shape index (κ2) is 13.3. The Labute approximate surface area is 260 Å². The molecule has 2 saturated carbocycles. The number of alkyl halides is 3. The molecule has 2 aromatic rings. The largest absolute Gasteiger partial charge is 0.312 e. The zero-order valence-electron chi connectivity index (χ0n) is 26.5. The second-order valence-corrected chi connectivity index (χ2v) is 13.9.